The fraction of sp³-hybridized carbons (Fsp3) is 0.200. The number of anilines is 1. The van der Waals surface area contributed by atoms with Crippen LogP contribution in [0.3, 0.4) is 0 Å². The molecule has 0 N–H and O–H groups in total. The lowest BCUT2D eigenvalue weighted by atomic mass is 10.2. The summed E-state index contributed by atoms with van der Waals surface area (Å²) in [5, 5.41) is 10.9. The van der Waals surface area contributed by atoms with Crippen molar-refractivity contribution >= 4 is 33.0 Å². The Bertz CT molecular complexity index is 900. The molecule has 1 heterocycles. The molecule has 2 aromatic rings. The number of benzene rings is 2. The highest BCUT2D eigenvalue weighted by Gasteiger charge is 2.30. The van der Waals surface area contributed by atoms with Gasteiger partial charge in [-0.25, -0.2) is 8.42 Å². The van der Waals surface area contributed by atoms with E-state index in [1.807, 2.05) is 0 Å². The number of fused-ring (bicyclic) bond motifs is 1. The predicted octanol–water partition coefficient (Wildman–Crippen LogP) is 2.97. The first-order valence-electron chi connectivity index (χ1n) is 7.03. The second kappa shape index (κ2) is 6.39. The molecule has 1 aliphatic rings. The van der Waals surface area contributed by atoms with Crippen LogP contribution < -0.4 is 4.31 Å². The zero-order valence-corrected chi connectivity index (χ0v) is 14.0. The van der Waals surface area contributed by atoms with Crippen LogP contribution in [0.15, 0.2) is 47.4 Å². The molecule has 1 aliphatic heterocycles. The van der Waals surface area contributed by atoms with Crippen LogP contribution in [0.25, 0.3) is 0 Å². The molecule has 0 fully saturated rings. The minimum Gasteiger partial charge on any atom is -0.375 e. The molecule has 2 aromatic carbocycles. The summed E-state index contributed by atoms with van der Waals surface area (Å²) >= 11 is 5.76. The number of sulfonamides is 1. The summed E-state index contributed by atoms with van der Waals surface area (Å²) in [4.78, 5) is 10.1. The van der Waals surface area contributed by atoms with Gasteiger partial charge in [0.15, 0.2) is 0 Å². The number of hydrogen-bond donors (Lipinski definition) is 0. The normalized spacial score (nSPS) is 14.8. The smallest absolute Gasteiger partial charge is 0.289 e. The van der Waals surface area contributed by atoms with Crippen molar-refractivity contribution in [1.29, 1.82) is 0 Å². The summed E-state index contributed by atoms with van der Waals surface area (Å²) in [5.74, 6) is 0. The quantitative estimate of drug-likeness (QED) is 0.613. The van der Waals surface area contributed by atoms with E-state index < -0.39 is 20.6 Å². The van der Waals surface area contributed by atoms with Gasteiger partial charge < -0.3 is 4.74 Å². The molecule has 0 atom stereocenters. The Morgan fingerprint density at radius 3 is 2.71 bits per heavy atom. The lowest BCUT2D eigenvalue weighted by molar-refractivity contribution is -0.384. The summed E-state index contributed by atoms with van der Waals surface area (Å²) in [7, 11) is -3.98. The molecule has 3 rings (SSSR count). The van der Waals surface area contributed by atoms with Crippen molar-refractivity contribution in [3.05, 3.63) is 63.2 Å². The first kappa shape index (κ1) is 16.7. The summed E-state index contributed by atoms with van der Waals surface area (Å²) in [6, 6.07) is 10.5. The molecule has 0 saturated heterocycles. The van der Waals surface area contributed by atoms with Crippen LogP contribution in [-0.4, -0.2) is 26.5 Å². The van der Waals surface area contributed by atoms with E-state index in [1.54, 1.807) is 24.3 Å². The van der Waals surface area contributed by atoms with Crippen molar-refractivity contribution < 1.29 is 18.1 Å². The molecule has 126 valence electrons. The lowest BCUT2D eigenvalue weighted by Crippen LogP contribution is -2.33. The number of halogens is 1. The van der Waals surface area contributed by atoms with Crippen LogP contribution in [0.4, 0.5) is 11.4 Å². The van der Waals surface area contributed by atoms with Gasteiger partial charge in [0.25, 0.3) is 15.7 Å². The van der Waals surface area contributed by atoms with Gasteiger partial charge in [-0.3, -0.25) is 14.4 Å². The Labute approximate surface area is 143 Å². The van der Waals surface area contributed by atoms with Gasteiger partial charge in [0.2, 0.25) is 0 Å². The Hall–Kier alpha value is -2.16. The van der Waals surface area contributed by atoms with Crippen molar-refractivity contribution in [2.24, 2.45) is 0 Å². The Balaban J connectivity index is 2.11. The first-order valence-corrected chi connectivity index (χ1v) is 8.85. The predicted molar refractivity (Wildman–Crippen MR) is 88.7 cm³/mol. The summed E-state index contributed by atoms with van der Waals surface area (Å²) in [6.07, 6.45) is 0. The summed E-state index contributed by atoms with van der Waals surface area (Å²) in [6.45, 7) is 0.655. The number of para-hydroxylation sites is 1. The lowest BCUT2D eigenvalue weighted by Gasteiger charge is -2.23. The number of nitro groups is 1. The molecule has 0 spiro atoms. The van der Waals surface area contributed by atoms with Crippen LogP contribution in [-0.2, 0) is 21.4 Å². The van der Waals surface area contributed by atoms with Gasteiger partial charge in [0.1, 0.15) is 5.02 Å². The molecule has 0 unspecified atom stereocenters. The van der Waals surface area contributed by atoms with E-state index in [0.29, 0.717) is 12.3 Å². The van der Waals surface area contributed by atoms with E-state index >= 15 is 0 Å². The Morgan fingerprint density at radius 2 is 1.96 bits per heavy atom. The molecule has 0 aliphatic carbocycles. The molecule has 0 amide bonds. The van der Waals surface area contributed by atoms with Crippen molar-refractivity contribution in [1.82, 2.24) is 0 Å². The zero-order chi connectivity index (χ0) is 17.3. The largest absolute Gasteiger partial charge is 0.375 e. The van der Waals surface area contributed by atoms with Crippen LogP contribution in [0.5, 0.6) is 0 Å². The SMILES string of the molecule is O=[N+]([O-])c1cc(S(=O)(=O)N2CCOCc3ccccc32)ccc1Cl. The van der Waals surface area contributed by atoms with Gasteiger partial charge in [-0.2, -0.15) is 0 Å². The van der Waals surface area contributed by atoms with Gasteiger partial charge in [-0.1, -0.05) is 29.8 Å². The molecular formula is C15H13ClN2O5S. The van der Waals surface area contributed by atoms with E-state index in [4.69, 9.17) is 16.3 Å². The number of nitro benzene ring substituents is 1. The topological polar surface area (TPSA) is 89.8 Å². The molecule has 7 nitrogen and oxygen atoms in total. The van der Waals surface area contributed by atoms with Crippen LogP contribution in [0, 0.1) is 10.1 Å². The number of hydrogen-bond acceptors (Lipinski definition) is 5. The summed E-state index contributed by atoms with van der Waals surface area (Å²) < 4.78 is 32.6. The van der Waals surface area contributed by atoms with Crippen LogP contribution in [0.2, 0.25) is 5.02 Å². The summed E-state index contributed by atoms with van der Waals surface area (Å²) in [5.41, 5.74) is 0.798. The molecule has 24 heavy (non-hydrogen) atoms. The first-order chi connectivity index (χ1) is 11.4. The van der Waals surface area contributed by atoms with E-state index in [0.717, 1.165) is 11.6 Å². The van der Waals surface area contributed by atoms with Crippen molar-refractivity contribution in [3.63, 3.8) is 0 Å². The van der Waals surface area contributed by atoms with E-state index in [2.05, 4.69) is 0 Å². The van der Waals surface area contributed by atoms with Gasteiger partial charge in [0, 0.05) is 11.6 Å². The average Bonchev–Trinajstić information content (AvgIpc) is 2.77. The van der Waals surface area contributed by atoms with Crippen molar-refractivity contribution in [2.45, 2.75) is 11.5 Å². The van der Waals surface area contributed by atoms with Crippen molar-refractivity contribution in [2.75, 3.05) is 17.5 Å². The van der Waals surface area contributed by atoms with Gasteiger partial charge in [-0.05, 0) is 18.2 Å². The molecule has 0 bridgehead atoms. The molecule has 0 radical (unpaired) electrons. The van der Waals surface area contributed by atoms with Crippen LogP contribution in [0.1, 0.15) is 5.56 Å². The second-order valence-electron chi connectivity index (χ2n) is 5.13. The zero-order valence-electron chi connectivity index (χ0n) is 12.4. The third-order valence-electron chi connectivity index (χ3n) is 3.66. The molecular weight excluding hydrogens is 356 g/mol. The highest BCUT2D eigenvalue weighted by atomic mass is 35.5. The standard InChI is InChI=1S/C15H13ClN2O5S/c16-13-6-5-12(9-15(13)18(19)20)24(21,22)17-7-8-23-10-11-3-1-2-4-14(11)17/h1-6,9H,7-8,10H2. The second-order valence-corrected chi connectivity index (χ2v) is 7.40. The molecule has 9 heteroatoms. The van der Waals surface area contributed by atoms with Gasteiger partial charge in [0.05, 0.1) is 35.3 Å². The van der Waals surface area contributed by atoms with Gasteiger partial charge in [-0.15, -0.1) is 0 Å². The Morgan fingerprint density at radius 1 is 1.21 bits per heavy atom. The average molecular weight is 369 g/mol. The highest BCUT2D eigenvalue weighted by Crippen LogP contribution is 2.32. The maximum atomic E-state index is 13.0. The maximum absolute atomic E-state index is 13.0. The fourth-order valence-corrected chi connectivity index (χ4v) is 4.19. The highest BCUT2D eigenvalue weighted by molar-refractivity contribution is 7.92. The number of rotatable bonds is 3. The minimum atomic E-state index is -3.98. The number of ether oxygens (including phenoxy) is 1. The van der Waals surface area contributed by atoms with E-state index in [-0.39, 0.29) is 23.1 Å². The fourth-order valence-electron chi connectivity index (χ4n) is 2.50. The molecule has 0 aromatic heterocycles. The minimum absolute atomic E-state index is 0.112. The Kier molecular flexibility index (Phi) is 4.44. The monoisotopic (exact) mass is 368 g/mol. The molecule has 0 saturated carbocycles. The van der Waals surface area contributed by atoms with E-state index in [1.165, 1.54) is 16.4 Å². The number of nitrogens with zero attached hydrogens (tertiary/aromatic N) is 2. The van der Waals surface area contributed by atoms with Gasteiger partial charge >= 0.3 is 0 Å². The van der Waals surface area contributed by atoms with E-state index in [9.17, 15) is 18.5 Å². The van der Waals surface area contributed by atoms with Crippen LogP contribution >= 0.6 is 11.6 Å². The maximum Gasteiger partial charge on any atom is 0.289 e. The third-order valence-corrected chi connectivity index (χ3v) is 5.79. The third kappa shape index (κ3) is 2.95. The van der Waals surface area contributed by atoms with Crippen molar-refractivity contribution in [3.8, 4) is 0 Å².